The van der Waals surface area contributed by atoms with Crippen molar-refractivity contribution in [3.8, 4) is 0 Å². The van der Waals surface area contributed by atoms with E-state index < -0.39 is 23.7 Å². The van der Waals surface area contributed by atoms with Crippen molar-refractivity contribution in [2.75, 3.05) is 6.54 Å². The maximum absolute atomic E-state index is 14.0. The fourth-order valence-electron chi connectivity index (χ4n) is 7.83. The van der Waals surface area contributed by atoms with Crippen LogP contribution >= 0.6 is 0 Å². The largest absolute Gasteiger partial charge is 0.481 e. The van der Waals surface area contributed by atoms with Gasteiger partial charge in [0.05, 0.1) is 17.6 Å². The number of aliphatic imine (C=N–C) groups is 1. The van der Waals surface area contributed by atoms with Crippen molar-refractivity contribution in [3.05, 3.63) is 46.0 Å². The molecule has 4 N–H and O–H groups in total. The second-order valence-electron chi connectivity index (χ2n) is 14.1. The van der Waals surface area contributed by atoms with E-state index in [-0.39, 0.29) is 59.9 Å². The predicted molar refractivity (Wildman–Crippen MR) is 170 cm³/mol. The van der Waals surface area contributed by atoms with Crippen LogP contribution in [-0.2, 0) is 18.9 Å². The van der Waals surface area contributed by atoms with Crippen LogP contribution in [0.5, 0.6) is 0 Å². The number of hydrogen-bond acceptors (Lipinski definition) is 7. The zero-order chi connectivity index (χ0) is 32.2. The molecule has 7 atom stereocenters. The van der Waals surface area contributed by atoms with Gasteiger partial charge >= 0.3 is 7.12 Å². The molecule has 0 unspecified atom stereocenters. The third kappa shape index (κ3) is 7.45. The summed E-state index contributed by atoms with van der Waals surface area (Å²) in [6, 6.07) is 9.64. The van der Waals surface area contributed by atoms with E-state index in [4.69, 9.17) is 15.0 Å². The van der Waals surface area contributed by atoms with Gasteiger partial charge < -0.3 is 20.4 Å². The van der Waals surface area contributed by atoms with Crippen molar-refractivity contribution in [1.29, 1.82) is 0 Å². The van der Waals surface area contributed by atoms with Crippen LogP contribution in [0.1, 0.15) is 98.0 Å². The van der Waals surface area contributed by atoms with Gasteiger partial charge in [-0.15, -0.1) is 0 Å². The van der Waals surface area contributed by atoms with Crippen molar-refractivity contribution in [2.24, 2.45) is 39.8 Å². The van der Waals surface area contributed by atoms with Crippen molar-refractivity contribution < 1.29 is 23.9 Å². The number of carbonyl (C=O) groups is 2. The topological polar surface area (TPSA) is 158 Å². The molecule has 11 nitrogen and oxygen atoms in total. The number of rotatable bonds is 15. The lowest BCUT2D eigenvalue weighted by Crippen LogP contribution is -2.65. The van der Waals surface area contributed by atoms with Gasteiger partial charge in [-0.05, 0) is 74.2 Å². The summed E-state index contributed by atoms with van der Waals surface area (Å²) in [4.78, 5) is 42.2. The molecule has 1 aliphatic heterocycles. The second-order valence-corrected chi connectivity index (χ2v) is 14.1. The zero-order valence-corrected chi connectivity index (χ0v) is 27.1. The van der Waals surface area contributed by atoms with E-state index in [0.717, 1.165) is 18.4 Å². The van der Waals surface area contributed by atoms with Crippen LogP contribution in [0.15, 0.2) is 35.3 Å². The molecule has 1 amide bonds. The van der Waals surface area contributed by atoms with Crippen molar-refractivity contribution in [2.45, 2.75) is 110 Å². The van der Waals surface area contributed by atoms with Gasteiger partial charge in [0.15, 0.2) is 5.03 Å². The van der Waals surface area contributed by atoms with Gasteiger partial charge in [0.1, 0.15) is 5.78 Å². The Kier molecular flexibility index (Phi) is 10.8. The minimum Gasteiger partial charge on any atom is -0.404 e. The monoisotopic (exact) mass is 611 g/mol. The lowest BCUT2D eigenvalue weighted by atomic mass is 9.43. The molecule has 5 rings (SSSR count). The highest BCUT2D eigenvalue weighted by molar-refractivity contribution is 6.47. The third-order valence-electron chi connectivity index (χ3n) is 10.4. The molecule has 3 aliphatic carbocycles. The molecule has 1 aromatic carbocycles. The molecule has 0 aromatic heterocycles. The van der Waals surface area contributed by atoms with Gasteiger partial charge in [-0.1, -0.05) is 70.4 Å². The van der Waals surface area contributed by atoms with E-state index in [0.29, 0.717) is 37.5 Å². The van der Waals surface area contributed by atoms with Crippen LogP contribution in [0.2, 0.25) is 0 Å². The first-order valence-electron chi connectivity index (χ1n) is 16.2. The lowest BCUT2D eigenvalue weighted by molar-refractivity contribution is -0.525. The van der Waals surface area contributed by atoms with E-state index in [1.54, 1.807) is 0 Å². The highest BCUT2D eigenvalue weighted by atomic mass is 16.7. The molecule has 1 aromatic rings. The number of nitrogens with zero attached hydrogens (tertiary/aromatic N) is 2. The fraction of sp³-hybridized carbons (Fsp3) is 0.719. The van der Waals surface area contributed by atoms with Gasteiger partial charge in [0, 0.05) is 24.8 Å². The molecule has 242 valence electrons. The number of hydrazine groups is 1. The number of benzene rings is 1. The van der Waals surface area contributed by atoms with Crippen molar-refractivity contribution in [1.82, 2.24) is 10.7 Å². The van der Waals surface area contributed by atoms with Crippen LogP contribution in [0.25, 0.3) is 0 Å². The summed E-state index contributed by atoms with van der Waals surface area (Å²) in [5, 5.41) is 13.1. The van der Waals surface area contributed by atoms with E-state index in [2.05, 4.69) is 44.9 Å². The molecule has 1 saturated heterocycles. The Bertz CT molecular complexity index is 1210. The Labute approximate surface area is 261 Å². The quantitative estimate of drug-likeness (QED) is 0.0656. The average molecular weight is 612 g/mol. The third-order valence-corrected chi connectivity index (χ3v) is 10.4. The lowest BCUT2D eigenvalue weighted by Gasteiger charge is -2.64. The molecule has 0 radical (unpaired) electrons. The highest BCUT2D eigenvalue weighted by Crippen LogP contribution is 2.65. The zero-order valence-electron chi connectivity index (χ0n) is 27.1. The first-order valence-corrected chi connectivity index (χ1v) is 16.2. The fourth-order valence-corrected chi connectivity index (χ4v) is 7.83. The predicted octanol–water partition coefficient (Wildman–Crippen LogP) is 4.43. The number of guanidine groups is 1. The Balaban J connectivity index is 1.49. The first-order chi connectivity index (χ1) is 20.8. The molecule has 0 spiro atoms. The van der Waals surface area contributed by atoms with E-state index in [1.807, 2.05) is 42.7 Å². The van der Waals surface area contributed by atoms with Crippen LogP contribution in [0.4, 0.5) is 0 Å². The molecule has 4 fully saturated rings. The van der Waals surface area contributed by atoms with Gasteiger partial charge in [-0.3, -0.25) is 9.59 Å². The van der Waals surface area contributed by atoms with Crippen LogP contribution < -0.4 is 16.5 Å². The van der Waals surface area contributed by atoms with Gasteiger partial charge in [-0.25, -0.2) is 15.1 Å². The molecule has 44 heavy (non-hydrogen) atoms. The summed E-state index contributed by atoms with van der Waals surface area (Å²) < 4.78 is 13.3. The van der Waals surface area contributed by atoms with E-state index in [1.165, 1.54) is 0 Å². The summed E-state index contributed by atoms with van der Waals surface area (Å²) >= 11 is 0. The first kappa shape index (κ1) is 33.9. The normalized spacial score (nSPS) is 27.6. The van der Waals surface area contributed by atoms with E-state index >= 15 is 0 Å². The summed E-state index contributed by atoms with van der Waals surface area (Å²) in [5.41, 5.74) is 8.14. The van der Waals surface area contributed by atoms with Crippen LogP contribution in [-0.4, -0.2) is 54.0 Å². The van der Waals surface area contributed by atoms with Gasteiger partial charge in [0.25, 0.3) is 5.96 Å². The number of hydrogen-bond donors (Lipinski definition) is 3. The van der Waals surface area contributed by atoms with Gasteiger partial charge in [0.2, 0.25) is 5.91 Å². The summed E-state index contributed by atoms with van der Waals surface area (Å²) in [6.07, 6.45) is 4.28. The second kappa shape index (κ2) is 14.0. The Morgan fingerprint density at radius 1 is 1.20 bits per heavy atom. The molecule has 1 heterocycles. The van der Waals surface area contributed by atoms with Gasteiger partial charge in [-0.2, -0.15) is 0 Å². The summed E-state index contributed by atoms with van der Waals surface area (Å²) in [6.45, 7) is 13.2. The average Bonchev–Trinajstić information content (AvgIpc) is 3.32. The summed E-state index contributed by atoms with van der Waals surface area (Å²) in [5.74, 6) is -0.489. The number of nitrogens with two attached hydrogens (primary N) is 1. The molecule has 2 bridgehead atoms. The molecular formula is C32H50BN5O6. The molecular weight excluding hydrogens is 561 g/mol. The highest BCUT2D eigenvalue weighted by Gasteiger charge is 2.68. The molecule has 3 saturated carbocycles. The Hall–Kier alpha value is -2.99. The SMILES string of the molecule is CC[C@H](C(=O)C[C@@H](CCCN=C(N)N[N+](=O)[O-])C(=O)N[C@@H](CC(C)C)B1O[C@@H]2C[C@H]3C[C@H](C3(C)C)[C@]2(C)O1)c1ccccc1. The number of Topliss-reactive ketones (excluding diaryl/α,β-unsaturated/α-hetero) is 1. The summed E-state index contributed by atoms with van der Waals surface area (Å²) in [7, 11) is -0.562. The number of carbonyl (C=O) groups excluding carboxylic acids is 2. The molecule has 12 heteroatoms. The minimum atomic E-state index is -0.773. The number of ketones is 1. The van der Waals surface area contributed by atoms with Crippen molar-refractivity contribution in [3.63, 3.8) is 0 Å². The number of nitrogens with one attached hydrogen (secondary N) is 2. The maximum Gasteiger partial charge on any atom is 0.481 e. The van der Waals surface area contributed by atoms with E-state index in [9.17, 15) is 19.7 Å². The smallest absolute Gasteiger partial charge is 0.404 e. The van der Waals surface area contributed by atoms with Crippen LogP contribution in [0.3, 0.4) is 0 Å². The van der Waals surface area contributed by atoms with Crippen molar-refractivity contribution >= 4 is 24.8 Å². The Morgan fingerprint density at radius 3 is 2.52 bits per heavy atom. The van der Waals surface area contributed by atoms with Crippen LogP contribution in [0, 0.1) is 39.2 Å². The standard InChI is InChI=1S/C32H50BN5O6/c1-7-24(21-12-9-8-10-13-21)25(39)17-22(14-11-15-35-30(34)37-38(41)42)29(40)36-28(16-20(2)3)33-43-27-19-23-18-26(31(23,4)5)32(27,6)44-33/h8-10,12-13,20,22-24,26-28H,7,11,14-19H2,1-6H3,(H,36,40)(H3,34,35,37)/t22-,23-,24+,26-,27-,28+,32+/m1/s1. The number of nitro groups is 1. The maximum atomic E-state index is 14.0. The minimum absolute atomic E-state index is 0.000457. The number of amides is 1. The molecule has 4 aliphatic rings. The Morgan fingerprint density at radius 2 is 1.91 bits per heavy atom.